The number of aliphatic carboxylic acids is 2. The number of rotatable bonds is 7. The van der Waals surface area contributed by atoms with E-state index < -0.39 is 96.0 Å². The second kappa shape index (κ2) is 12.1. The van der Waals surface area contributed by atoms with Gasteiger partial charge in [0.15, 0.2) is 41.5 Å². The highest BCUT2D eigenvalue weighted by molar-refractivity contribution is 5.86. The molecule has 5 rings (SSSR count). The first-order valence-corrected chi connectivity index (χ1v) is 13.0. The lowest BCUT2D eigenvalue weighted by Crippen LogP contribution is -2.66. The smallest absolute Gasteiger partial charge is 0.335 e. The molecule has 10 atom stereocenters. The minimum absolute atomic E-state index is 0.115. The highest BCUT2D eigenvalue weighted by Crippen LogP contribution is 2.36. The van der Waals surface area contributed by atoms with Gasteiger partial charge in [-0.25, -0.2) is 9.59 Å². The van der Waals surface area contributed by atoms with Crippen molar-refractivity contribution in [2.24, 2.45) is 0 Å². The van der Waals surface area contributed by atoms with Crippen LogP contribution < -0.4 is 10.2 Å². The number of carbonyl (C=O) groups is 2. The number of aliphatic hydroxyl groups is 5. The zero-order chi connectivity index (χ0) is 32.9. The average molecular weight is 638 g/mol. The standard InChI is InChI=1S/C27H26O18/c28-9-2-1-7(3-10(9)29)13-6-12(31)15-11(30)4-8(5-14(15)42-13)41-27-23(19(35)18(34)22(44-27)25(39)40)45-26-20(36)16(32)17(33)21(43-26)24(37)38/h1-6,16-23,26-30,32-36H,(H,37,38)(H,39,40)/t16-,17-,18-,19?,20?,21?,22?,23-,26-,27+/m0/s1. The highest BCUT2D eigenvalue weighted by atomic mass is 16.8. The van der Waals surface area contributed by atoms with Crippen molar-refractivity contribution in [3.8, 4) is 34.3 Å². The average Bonchev–Trinajstić information content (AvgIpc) is 2.97. The van der Waals surface area contributed by atoms with Crippen LogP contribution in [0.4, 0.5) is 0 Å². The fraction of sp³-hybridized carbons (Fsp3) is 0.370. The molecular formula is C27H26O18. The Morgan fingerprint density at radius 1 is 0.689 bits per heavy atom. The van der Waals surface area contributed by atoms with Gasteiger partial charge in [-0.2, -0.15) is 0 Å². The lowest BCUT2D eigenvalue weighted by atomic mass is 9.97. The maximum Gasteiger partial charge on any atom is 0.335 e. The van der Waals surface area contributed by atoms with Gasteiger partial charge in [0.2, 0.25) is 6.29 Å². The Bertz CT molecular complexity index is 1670. The van der Waals surface area contributed by atoms with Crippen LogP contribution >= 0.6 is 0 Å². The summed E-state index contributed by atoms with van der Waals surface area (Å²) >= 11 is 0. The molecule has 18 nitrogen and oxygen atoms in total. The Morgan fingerprint density at radius 2 is 1.31 bits per heavy atom. The second-order valence-electron chi connectivity index (χ2n) is 10.2. The maximum atomic E-state index is 12.8. The van der Waals surface area contributed by atoms with E-state index in [1.807, 2.05) is 0 Å². The van der Waals surface area contributed by atoms with Gasteiger partial charge in [0.1, 0.15) is 58.7 Å². The Morgan fingerprint density at radius 3 is 1.93 bits per heavy atom. The largest absolute Gasteiger partial charge is 0.507 e. The zero-order valence-corrected chi connectivity index (χ0v) is 22.5. The minimum atomic E-state index is -2.17. The van der Waals surface area contributed by atoms with Crippen LogP contribution in [-0.4, -0.2) is 124 Å². The molecule has 10 N–H and O–H groups in total. The topological polar surface area (TPSA) is 304 Å². The molecule has 4 unspecified atom stereocenters. The number of hydrogen-bond acceptors (Lipinski definition) is 16. The van der Waals surface area contributed by atoms with E-state index in [0.29, 0.717) is 0 Å². The maximum absolute atomic E-state index is 12.8. The van der Waals surface area contributed by atoms with Gasteiger partial charge in [0.25, 0.3) is 0 Å². The molecule has 0 spiro atoms. The molecule has 2 saturated heterocycles. The van der Waals surface area contributed by atoms with Crippen molar-refractivity contribution in [3.05, 3.63) is 46.6 Å². The molecule has 45 heavy (non-hydrogen) atoms. The van der Waals surface area contributed by atoms with E-state index in [9.17, 15) is 65.4 Å². The summed E-state index contributed by atoms with van der Waals surface area (Å²) in [4.78, 5) is 36.0. The van der Waals surface area contributed by atoms with Crippen molar-refractivity contribution in [2.75, 3.05) is 0 Å². The summed E-state index contributed by atoms with van der Waals surface area (Å²) < 4.78 is 27.1. The predicted molar refractivity (Wildman–Crippen MR) is 141 cm³/mol. The molecule has 2 fully saturated rings. The molecule has 0 aliphatic carbocycles. The summed E-state index contributed by atoms with van der Waals surface area (Å²) in [6.45, 7) is 0. The van der Waals surface area contributed by atoms with Crippen molar-refractivity contribution in [1.29, 1.82) is 0 Å². The number of benzene rings is 2. The van der Waals surface area contributed by atoms with Gasteiger partial charge in [-0.15, -0.1) is 0 Å². The molecule has 2 aliphatic rings. The lowest BCUT2D eigenvalue weighted by Gasteiger charge is -2.44. The molecule has 3 heterocycles. The van der Waals surface area contributed by atoms with Gasteiger partial charge in [0.05, 0.1) is 0 Å². The summed E-state index contributed by atoms with van der Waals surface area (Å²) in [5.74, 6) is -5.65. The summed E-state index contributed by atoms with van der Waals surface area (Å²) in [6.07, 6.45) is -21.0. The van der Waals surface area contributed by atoms with Gasteiger partial charge in [-0.05, 0) is 18.2 Å². The second-order valence-corrected chi connectivity index (χ2v) is 10.2. The molecule has 3 aromatic rings. The quantitative estimate of drug-likeness (QED) is 0.122. The monoisotopic (exact) mass is 638 g/mol. The number of phenols is 3. The Hall–Kier alpha value is -4.53. The molecular weight excluding hydrogens is 612 g/mol. The molecule has 1 aromatic heterocycles. The van der Waals surface area contributed by atoms with Crippen molar-refractivity contribution in [2.45, 2.75) is 61.4 Å². The van der Waals surface area contributed by atoms with Crippen molar-refractivity contribution in [1.82, 2.24) is 0 Å². The predicted octanol–water partition coefficient (Wildman–Crippen LogP) is -2.24. The van der Waals surface area contributed by atoms with E-state index in [1.54, 1.807) is 0 Å². The first-order chi connectivity index (χ1) is 21.2. The SMILES string of the molecule is O=C(O)C1O[C@@H](Oc2cc(O)c3c(=O)cc(-c4ccc(O)c(O)c4)oc3c2)[C@@H](O[C@@H]2OC(C(=O)O)[C@@H](O)[C@H](O)C2O)C(O)[C@@H]1O. The molecule has 0 radical (unpaired) electrons. The Kier molecular flexibility index (Phi) is 8.58. The van der Waals surface area contributed by atoms with E-state index in [4.69, 9.17) is 23.4 Å². The fourth-order valence-electron chi connectivity index (χ4n) is 4.86. The third-order valence-corrected chi connectivity index (χ3v) is 7.19. The molecule has 2 aromatic carbocycles. The van der Waals surface area contributed by atoms with E-state index in [1.165, 1.54) is 6.07 Å². The van der Waals surface area contributed by atoms with Crippen LogP contribution in [0.1, 0.15) is 0 Å². The summed E-state index contributed by atoms with van der Waals surface area (Å²) in [6, 6.07) is 6.51. The van der Waals surface area contributed by atoms with Crippen LogP contribution in [0, 0.1) is 0 Å². The van der Waals surface area contributed by atoms with Crippen molar-refractivity contribution in [3.63, 3.8) is 0 Å². The molecule has 0 bridgehead atoms. The Balaban J connectivity index is 1.51. The van der Waals surface area contributed by atoms with Crippen molar-refractivity contribution >= 4 is 22.9 Å². The number of aromatic hydroxyl groups is 3. The van der Waals surface area contributed by atoms with Crippen LogP contribution in [0.2, 0.25) is 0 Å². The molecule has 0 saturated carbocycles. The van der Waals surface area contributed by atoms with Crippen LogP contribution in [0.15, 0.2) is 45.6 Å². The van der Waals surface area contributed by atoms with Gasteiger partial charge in [-0.1, -0.05) is 0 Å². The van der Waals surface area contributed by atoms with Gasteiger partial charge >= 0.3 is 11.9 Å². The van der Waals surface area contributed by atoms with Gasteiger partial charge < -0.3 is 74.4 Å². The molecule has 242 valence electrons. The number of carboxylic acids is 2. The number of phenolic OH excluding ortho intramolecular Hbond substituents is 3. The van der Waals surface area contributed by atoms with E-state index in [-0.39, 0.29) is 28.0 Å². The number of aliphatic hydroxyl groups excluding tert-OH is 5. The Labute approximate surface area is 249 Å². The number of fused-ring (bicyclic) bond motifs is 1. The van der Waals surface area contributed by atoms with E-state index >= 15 is 0 Å². The van der Waals surface area contributed by atoms with Crippen LogP contribution in [0.3, 0.4) is 0 Å². The number of carboxylic acid groups (broad SMARTS) is 2. The third kappa shape index (κ3) is 5.95. The lowest BCUT2D eigenvalue weighted by molar-refractivity contribution is -0.350. The number of hydrogen-bond donors (Lipinski definition) is 10. The fourth-order valence-corrected chi connectivity index (χ4v) is 4.86. The van der Waals surface area contributed by atoms with E-state index in [0.717, 1.165) is 30.3 Å². The van der Waals surface area contributed by atoms with Gasteiger partial charge in [0, 0.05) is 23.8 Å². The minimum Gasteiger partial charge on any atom is -0.507 e. The normalized spacial score (nSPS) is 31.8. The summed E-state index contributed by atoms with van der Waals surface area (Å²) in [5.41, 5.74) is -0.880. The number of ether oxygens (including phenoxy) is 4. The summed E-state index contributed by atoms with van der Waals surface area (Å²) in [7, 11) is 0. The van der Waals surface area contributed by atoms with E-state index in [2.05, 4.69) is 0 Å². The zero-order valence-electron chi connectivity index (χ0n) is 22.5. The molecule has 2 aliphatic heterocycles. The third-order valence-electron chi connectivity index (χ3n) is 7.19. The summed E-state index contributed by atoms with van der Waals surface area (Å²) in [5, 5.41) is 100. The first-order valence-electron chi connectivity index (χ1n) is 13.0. The van der Waals surface area contributed by atoms with Crippen molar-refractivity contribution < 1.29 is 84.0 Å². The van der Waals surface area contributed by atoms with Crippen LogP contribution in [0.25, 0.3) is 22.3 Å². The van der Waals surface area contributed by atoms with Crippen LogP contribution in [-0.2, 0) is 23.8 Å². The molecule has 0 amide bonds. The highest BCUT2D eigenvalue weighted by Gasteiger charge is 2.54. The first kappa shape index (κ1) is 31.9. The molecule has 18 heteroatoms. The van der Waals surface area contributed by atoms with Gasteiger partial charge in [-0.3, -0.25) is 4.79 Å². The van der Waals surface area contributed by atoms with Crippen LogP contribution in [0.5, 0.6) is 23.0 Å².